The molecule has 21 heavy (non-hydrogen) atoms. The second-order valence-corrected chi connectivity index (χ2v) is 4.93. The Morgan fingerprint density at radius 2 is 2.00 bits per heavy atom. The number of aromatic nitrogens is 4. The topological polar surface area (TPSA) is 82.8 Å². The van der Waals surface area contributed by atoms with Crippen LogP contribution in [0.4, 0.5) is 5.95 Å². The Labute approximate surface area is 120 Å². The molecule has 0 unspecified atom stereocenters. The molecule has 1 aromatic carbocycles. The zero-order chi connectivity index (χ0) is 14.4. The Morgan fingerprint density at radius 1 is 1.14 bits per heavy atom. The minimum atomic E-state index is 0.430. The van der Waals surface area contributed by atoms with Crippen LogP contribution in [0.5, 0.6) is 0 Å². The normalized spacial score (nSPS) is 11.5. The molecule has 0 spiro atoms. The van der Waals surface area contributed by atoms with Gasteiger partial charge in [-0.15, -0.1) is 0 Å². The molecule has 0 aliphatic carbocycles. The van der Waals surface area contributed by atoms with Crippen LogP contribution in [-0.2, 0) is 6.54 Å². The highest BCUT2D eigenvalue weighted by atomic mass is 16.4. The largest absolute Gasteiger partial charge is 0.444 e. The fourth-order valence-corrected chi connectivity index (χ4v) is 2.55. The minimum Gasteiger partial charge on any atom is -0.444 e. The van der Waals surface area contributed by atoms with E-state index in [4.69, 9.17) is 10.2 Å². The predicted octanol–water partition coefficient (Wildman–Crippen LogP) is 2.51. The molecule has 4 aromatic rings. The van der Waals surface area contributed by atoms with Gasteiger partial charge in [0.25, 0.3) is 0 Å². The molecule has 3 heterocycles. The quantitative estimate of drug-likeness (QED) is 0.609. The first-order chi connectivity index (χ1) is 10.2. The van der Waals surface area contributed by atoms with E-state index >= 15 is 0 Å². The monoisotopic (exact) mass is 279 g/mol. The van der Waals surface area contributed by atoms with Crippen LogP contribution in [-0.4, -0.2) is 19.5 Å². The number of nitrogens with two attached hydrogens (primary N) is 1. The van der Waals surface area contributed by atoms with E-state index in [-0.39, 0.29) is 0 Å². The number of rotatable bonds is 2. The van der Waals surface area contributed by atoms with Crippen LogP contribution in [0, 0.1) is 6.92 Å². The van der Waals surface area contributed by atoms with E-state index in [9.17, 15) is 0 Å². The lowest BCUT2D eigenvalue weighted by Crippen LogP contribution is -2.05. The molecule has 0 fully saturated rings. The van der Waals surface area contributed by atoms with E-state index in [0.29, 0.717) is 18.4 Å². The second-order valence-electron chi connectivity index (χ2n) is 4.93. The van der Waals surface area contributed by atoms with Crippen molar-refractivity contribution in [2.75, 3.05) is 5.73 Å². The molecule has 0 aliphatic rings. The van der Waals surface area contributed by atoms with Gasteiger partial charge in [0.1, 0.15) is 17.8 Å². The SMILES string of the molecule is Cc1cnc(Cn2c(N)nc3cnc4ccccc4c32)o1. The van der Waals surface area contributed by atoms with Crippen LogP contribution in [0.25, 0.3) is 21.9 Å². The molecule has 104 valence electrons. The van der Waals surface area contributed by atoms with Crippen LogP contribution < -0.4 is 5.73 Å². The van der Waals surface area contributed by atoms with E-state index < -0.39 is 0 Å². The summed E-state index contributed by atoms with van der Waals surface area (Å²) in [6, 6.07) is 7.93. The maximum atomic E-state index is 6.05. The van der Waals surface area contributed by atoms with Gasteiger partial charge in [-0.2, -0.15) is 0 Å². The van der Waals surface area contributed by atoms with Crippen molar-refractivity contribution >= 4 is 27.9 Å². The number of anilines is 1. The van der Waals surface area contributed by atoms with E-state index in [1.165, 1.54) is 0 Å². The van der Waals surface area contributed by atoms with Gasteiger partial charge in [-0.3, -0.25) is 4.98 Å². The number of pyridine rings is 1. The van der Waals surface area contributed by atoms with Gasteiger partial charge in [0, 0.05) is 5.39 Å². The summed E-state index contributed by atoms with van der Waals surface area (Å²) in [5.41, 5.74) is 8.69. The fourth-order valence-electron chi connectivity index (χ4n) is 2.55. The summed E-state index contributed by atoms with van der Waals surface area (Å²) >= 11 is 0. The standard InChI is InChI=1S/C15H13N5O/c1-9-6-18-13(21-9)8-20-14-10-4-2-3-5-11(10)17-7-12(14)19-15(20)16/h2-7H,8H2,1H3,(H2,16,19). The molecule has 0 atom stereocenters. The van der Waals surface area contributed by atoms with Crippen molar-refractivity contribution < 1.29 is 4.42 Å². The maximum absolute atomic E-state index is 6.05. The van der Waals surface area contributed by atoms with Gasteiger partial charge in [-0.1, -0.05) is 18.2 Å². The van der Waals surface area contributed by atoms with Crippen molar-refractivity contribution in [1.29, 1.82) is 0 Å². The molecule has 0 bridgehead atoms. The van der Waals surface area contributed by atoms with Crippen molar-refractivity contribution in [3.63, 3.8) is 0 Å². The van der Waals surface area contributed by atoms with Gasteiger partial charge < -0.3 is 14.7 Å². The van der Waals surface area contributed by atoms with Crippen molar-refractivity contribution in [1.82, 2.24) is 19.5 Å². The third-order valence-electron chi connectivity index (χ3n) is 3.47. The van der Waals surface area contributed by atoms with Gasteiger partial charge in [0.05, 0.1) is 23.4 Å². The Hall–Kier alpha value is -2.89. The van der Waals surface area contributed by atoms with Crippen LogP contribution >= 0.6 is 0 Å². The van der Waals surface area contributed by atoms with Crippen LogP contribution in [0.15, 0.2) is 41.1 Å². The first-order valence-electron chi connectivity index (χ1n) is 6.63. The summed E-state index contributed by atoms with van der Waals surface area (Å²) in [5.74, 6) is 1.82. The Bertz CT molecular complexity index is 953. The van der Waals surface area contributed by atoms with Crippen molar-refractivity contribution in [3.05, 3.63) is 48.3 Å². The number of oxazole rings is 1. The minimum absolute atomic E-state index is 0.430. The van der Waals surface area contributed by atoms with Gasteiger partial charge in [-0.05, 0) is 13.0 Å². The zero-order valence-electron chi connectivity index (χ0n) is 11.4. The van der Waals surface area contributed by atoms with Crippen molar-refractivity contribution in [3.8, 4) is 0 Å². The number of imidazole rings is 1. The van der Waals surface area contributed by atoms with Gasteiger partial charge >= 0.3 is 0 Å². The van der Waals surface area contributed by atoms with Crippen LogP contribution in [0.2, 0.25) is 0 Å². The van der Waals surface area contributed by atoms with Crippen LogP contribution in [0.1, 0.15) is 11.7 Å². The molecule has 0 radical (unpaired) electrons. The third kappa shape index (κ3) is 1.84. The van der Waals surface area contributed by atoms with Gasteiger partial charge in [0.15, 0.2) is 0 Å². The molecule has 6 heteroatoms. The van der Waals surface area contributed by atoms with E-state index in [0.717, 1.165) is 27.7 Å². The number of nitrogens with zero attached hydrogens (tertiary/aromatic N) is 4. The highest BCUT2D eigenvalue weighted by Gasteiger charge is 2.14. The Balaban J connectivity index is 1.98. The molecule has 2 N–H and O–H groups in total. The Kier molecular flexibility index (Phi) is 2.44. The average Bonchev–Trinajstić information content (AvgIpc) is 3.03. The zero-order valence-corrected chi connectivity index (χ0v) is 11.4. The first kappa shape index (κ1) is 11.9. The number of fused-ring (bicyclic) bond motifs is 3. The van der Waals surface area contributed by atoms with Crippen LogP contribution in [0.3, 0.4) is 0 Å². The lowest BCUT2D eigenvalue weighted by molar-refractivity contribution is 0.461. The number of hydrogen-bond donors (Lipinski definition) is 1. The van der Waals surface area contributed by atoms with Gasteiger partial charge in [0.2, 0.25) is 11.8 Å². The van der Waals surface area contributed by atoms with E-state index in [2.05, 4.69) is 15.0 Å². The smallest absolute Gasteiger partial charge is 0.214 e. The summed E-state index contributed by atoms with van der Waals surface area (Å²) in [6.07, 6.45) is 3.44. The summed E-state index contributed by atoms with van der Waals surface area (Å²) in [4.78, 5) is 13.0. The molecule has 0 amide bonds. The molecule has 0 saturated heterocycles. The van der Waals surface area contributed by atoms with Crippen molar-refractivity contribution in [2.45, 2.75) is 13.5 Å². The summed E-state index contributed by atoms with van der Waals surface area (Å²) < 4.78 is 7.45. The number of hydrogen-bond acceptors (Lipinski definition) is 5. The summed E-state index contributed by atoms with van der Waals surface area (Å²) in [5, 5.41) is 1.02. The number of para-hydroxylation sites is 1. The number of benzene rings is 1. The molecular formula is C15H13N5O. The second kappa shape index (κ2) is 4.31. The molecular weight excluding hydrogens is 266 g/mol. The third-order valence-corrected chi connectivity index (χ3v) is 3.47. The molecule has 0 aliphatic heterocycles. The maximum Gasteiger partial charge on any atom is 0.214 e. The molecule has 6 nitrogen and oxygen atoms in total. The fraction of sp³-hybridized carbons (Fsp3) is 0.133. The number of aryl methyl sites for hydroxylation is 1. The number of nitrogen functional groups attached to an aromatic ring is 1. The van der Waals surface area contributed by atoms with Gasteiger partial charge in [-0.25, -0.2) is 9.97 Å². The average molecular weight is 279 g/mol. The Morgan fingerprint density at radius 3 is 2.81 bits per heavy atom. The molecule has 4 rings (SSSR count). The lowest BCUT2D eigenvalue weighted by Gasteiger charge is -2.05. The highest BCUT2D eigenvalue weighted by molar-refractivity contribution is 6.02. The molecule has 3 aromatic heterocycles. The van der Waals surface area contributed by atoms with E-state index in [1.54, 1.807) is 12.4 Å². The first-order valence-corrected chi connectivity index (χ1v) is 6.63. The summed E-state index contributed by atoms with van der Waals surface area (Å²) in [6.45, 7) is 2.31. The van der Waals surface area contributed by atoms with E-state index in [1.807, 2.05) is 35.8 Å². The highest BCUT2D eigenvalue weighted by Crippen LogP contribution is 2.26. The lowest BCUT2D eigenvalue weighted by atomic mass is 10.2. The summed E-state index contributed by atoms with van der Waals surface area (Å²) in [7, 11) is 0. The predicted molar refractivity (Wildman–Crippen MR) is 79.8 cm³/mol. The van der Waals surface area contributed by atoms with Crippen molar-refractivity contribution in [2.24, 2.45) is 0 Å². The molecule has 0 saturated carbocycles.